The van der Waals surface area contributed by atoms with Crippen LogP contribution in [0.4, 0.5) is 18.0 Å². The zero-order valence-corrected chi connectivity index (χ0v) is 16.2. The van der Waals surface area contributed by atoms with Crippen molar-refractivity contribution in [2.24, 2.45) is 0 Å². The molecule has 2 atom stereocenters. The van der Waals surface area contributed by atoms with Gasteiger partial charge in [0.2, 0.25) is 0 Å². The van der Waals surface area contributed by atoms with E-state index in [4.69, 9.17) is 16.3 Å². The van der Waals surface area contributed by atoms with Crippen LogP contribution in [0.5, 0.6) is 0 Å². The monoisotopic (exact) mass is 417 g/mol. The van der Waals surface area contributed by atoms with E-state index in [0.717, 1.165) is 0 Å². The molecule has 1 aromatic carbocycles. The fourth-order valence-corrected chi connectivity index (χ4v) is 3.19. The summed E-state index contributed by atoms with van der Waals surface area (Å²) in [6.45, 7) is 4.68. The molecule has 0 radical (unpaired) electrons. The highest BCUT2D eigenvalue weighted by Crippen LogP contribution is 2.28. The number of alkyl halides is 1. The summed E-state index contributed by atoms with van der Waals surface area (Å²) in [5.41, 5.74) is -0.986. The number of aromatic nitrogens is 1. The molecule has 1 aliphatic heterocycles. The molecule has 0 spiro atoms. The first-order chi connectivity index (χ1) is 13.0. The van der Waals surface area contributed by atoms with E-state index in [2.05, 4.69) is 10.3 Å². The minimum absolute atomic E-state index is 0.0410. The summed E-state index contributed by atoms with van der Waals surface area (Å²) in [7, 11) is 0. The zero-order chi connectivity index (χ0) is 20.8. The highest BCUT2D eigenvalue weighted by molar-refractivity contribution is 6.31. The van der Waals surface area contributed by atoms with Crippen LogP contribution in [-0.4, -0.2) is 52.8 Å². The second kappa shape index (κ2) is 7.20. The molecular weight excluding hydrogens is 399 g/mol. The Morgan fingerprint density at radius 1 is 1.25 bits per heavy atom. The quantitative estimate of drug-likeness (QED) is 0.730. The van der Waals surface area contributed by atoms with Gasteiger partial charge >= 0.3 is 6.09 Å². The molecule has 2 heterocycles. The summed E-state index contributed by atoms with van der Waals surface area (Å²) in [6, 6.07) is 1.57. The molecular formula is C18H19ClF3N3O3. The van der Waals surface area contributed by atoms with Crippen LogP contribution in [0.15, 0.2) is 12.1 Å². The van der Waals surface area contributed by atoms with Gasteiger partial charge in [-0.1, -0.05) is 11.6 Å². The molecule has 10 heteroatoms. The Kier molecular flexibility index (Phi) is 5.22. The van der Waals surface area contributed by atoms with Gasteiger partial charge in [0, 0.05) is 11.9 Å². The number of carbonyl (C=O) groups excluding carboxylic acids is 2. The molecule has 1 aromatic heterocycles. The molecule has 3 rings (SSSR count). The number of hydrogen-bond acceptors (Lipinski definition) is 3. The first-order valence-corrected chi connectivity index (χ1v) is 8.93. The molecule has 1 saturated heterocycles. The van der Waals surface area contributed by atoms with Gasteiger partial charge in [-0.3, -0.25) is 4.79 Å². The number of rotatable bonds is 2. The summed E-state index contributed by atoms with van der Waals surface area (Å²) in [5.74, 6) is -3.03. The Morgan fingerprint density at radius 2 is 1.93 bits per heavy atom. The van der Waals surface area contributed by atoms with Crippen LogP contribution in [0, 0.1) is 11.6 Å². The highest BCUT2D eigenvalue weighted by atomic mass is 35.5. The smallest absolute Gasteiger partial charge is 0.408 e. The number of halogens is 4. The van der Waals surface area contributed by atoms with Crippen molar-refractivity contribution in [1.82, 2.24) is 15.2 Å². The Morgan fingerprint density at radius 3 is 2.57 bits per heavy atom. The van der Waals surface area contributed by atoms with E-state index in [0.29, 0.717) is 0 Å². The lowest BCUT2D eigenvalue weighted by molar-refractivity contribution is 0.0487. The van der Waals surface area contributed by atoms with E-state index in [9.17, 15) is 22.8 Å². The molecule has 0 aliphatic carbocycles. The molecule has 1 aliphatic rings. The van der Waals surface area contributed by atoms with Crippen molar-refractivity contribution in [2.45, 2.75) is 38.6 Å². The van der Waals surface area contributed by atoms with Gasteiger partial charge in [-0.05, 0) is 32.9 Å². The summed E-state index contributed by atoms with van der Waals surface area (Å²) < 4.78 is 46.9. The van der Waals surface area contributed by atoms with Crippen LogP contribution in [0.1, 0.15) is 31.3 Å². The van der Waals surface area contributed by atoms with Crippen molar-refractivity contribution in [3.63, 3.8) is 0 Å². The molecule has 2 aromatic rings. The molecule has 0 bridgehead atoms. The molecule has 2 amide bonds. The number of hydrogen-bond donors (Lipinski definition) is 2. The topological polar surface area (TPSA) is 74.4 Å². The molecule has 0 unspecified atom stereocenters. The van der Waals surface area contributed by atoms with Gasteiger partial charge in [0.15, 0.2) is 11.6 Å². The zero-order valence-electron chi connectivity index (χ0n) is 15.4. The lowest BCUT2D eigenvalue weighted by Crippen LogP contribution is -2.44. The number of aromatic amines is 1. The van der Waals surface area contributed by atoms with Crippen molar-refractivity contribution in [3.05, 3.63) is 34.5 Å². The van der Waals surface area contributed by atoms with Crippen molar-refractivity contribution in [2.75, 3.05) is 13.1 Å². The second-order valence-corrected chi connectivity index (χ2v) is 8.02. The maximum absolute atomic E-state index is 14.3. The fourth-order valence-electron chi connectivity index (χ4n) is 2.99. The molecule has 6 nitrogen and oxygen atoms in total. The average molecular weight is 418 g/mol. The first kappa shape index (κ1) is 20.3. The van der Waals surface area contributed by atoms with Gasteiger partial charge < -0.3 is 19.9 Å². The van der Waals surface area contributed by atoms with Crippen molar-refractivity contribution in [3.8, 4) is 0 Å². The van der Waals surface area contributed by atoms with Gasteiger partial charge in [-0.15, -0.1) is 0 Å². The highest BCUT2D eigenvalue weighted by Gasteiger charge is 2.38. The second-order valence-electron chi connectivity index (χ2n) is 7.61. The van der Waals surface area contributed by atoms with Crippen LogP contribution in [0.2, 0.25) is 5.02 Å². The molecule has 152 valence electrons. The largest absolute Gasteiger partial charge is 0.444 e. The van der Waals surface area contributed by atoms with E-state index in [1.807, 2.05) is 0 Å². The molecule has 28 heavy (non-hydrogen) atoms. The third-order valence-electron chi connectivity index (χ3n) is 4.22. The Bertz CT molecular complexity index is 942. The number of benzene rings is 1. The minimum atomic E-state index is -1.50. The van der Waals surface area contributed by atoms with Crippen LogP contribution in [0.25, 0.3) is 10.9 Å². The van der Waals surface area contributed by atoms with Gasteiger partial charge in [0.25, 0.3) is 5.91 Å². The molecule has 1 fully saturated rings. The average Bonchev–Trinajstić information content (AvgIpc) is 3.14. The summed E-state index contributed by atoms with van der Waals surface area (Å²) in [5, 5.41) is 2.21. The van der Waals surface area contributed by atoms with Crippen LogP contribution in [0.3, 0.4) is 0 Å². The Hall–Kier alpha value is -2.42. The number of H-pyrrole nitrogens is 1. The predicted octanol–water partition coefficient (Wildman–Crippen LogP) is 3.79. The van der Waals surface area contributed by atoms with E-state index < -0.39 is 46.5 Å². The summed E-state index contributed by atoms with van der Waals surface area (Å²) >= 11 is 5.62. The van der Waals surface area contributed by atoms with Crippen molar-refractivity contribution in [1.29, 1.82) is 0 Å². The number of nitrogens with zero attached hydrogens (tertiary/aromatic N) is 1. The minimum Gasteiger partial charge on any atom is -0.444 e. The van der Waals surface area contributed by atoms with E-state index >= 15 is 0 Å². The third kappa shape index (κ3) is 4.04. The number of carbonyl (C=O) groups is 2. The standard InChI is InChI=1S/C18H19ClF3N3O3/c1-18(2,3)28-17(27)24-12-7-25(6-10(12)20)16(26)11-5-8-4-9(19)13(21)14(22)15(8)23-11/h4-5,10,12,23H,6-7H2,1-3H3,(H,24,27)/t10-,12+/m1/s1. The maximum Gasteiger partial charge on any atom is 0.408 e. The number of likely N-dealkylation sites (tertiary alicyclic amines) is 1. The lowest BCUT2D eigenvalue weighted by atomic mass is 10.2. The molecule has 0 saturated carbocycles. The van der Waals surface area contributed by atoms with Gasteiger partial charge in [0.05, 0.1) is 23.1 Å². The summed E-state index contributed by atoms with van der Waals surface area (Å²) in [6.07, 6.45) is -2.28. The van der Waals surface area contributed by atoms with Crippen LogP contribution in [-0.2, 0) is 4.74 Å². The number of fused-ring (bicyclic) bond motifs is 1. The predicted molar refractivity (Wildman–Crippen MR) is 97.2 cm³/mol. The Labute approximate surface area is 164 Å². The summed E-state index contributed by atoms with van der Waals surface area (Å²) in [4.78, 5) is 28.1. The van der Waals surface area contributed by atoms with Gasteiger partial charge in [0.1, 0.15) is 17.5 Å². The number of alkyl carbamates (subject to hydrolysis) is 1. The van der Waals surface area contributed by atoms with Crippen LogP contribution < -0.4 is 5.32 Å². The SMILES string of the molecule is CC(C)(C)OC(=O)N[C@H]1CN(C(=O)c2cc3cc(Cl)c(F)c(F)c3[nH]2)C[C@H]1F. The van der Waals surface area contributed by atoms with E-state index in [1.165, 1.54) is 17.0 Å². The maximum atomic E-state index is 14.3. The normalized spacial score (nSPS) is 19.9. The lowest BCUT2D eigenvalue weighted by Gasteiger charge is -2.22. The third-order valence-corrected chi connectivity index (χ3v) is 4.50. The first-order valence-electron chi connectivity index (χ1n) is 8.55. The van der Waals surface area contributed by atoms with Crippen molar-refractivity contribution >= 4 is 34.5 Å². The number of ether oxygens (including phenoxy) is 1. The fraction of sp³-hybridized carbons (Fsp3) is 0.444. The number of amides is 2. The van der Waals surface area contributed by atoms with E-state index in [1.54, 1.807) is 20.8 Å². The van der Waals surface area contributed by atoms with E-state index in [-0.39, 0.29) is 29.7 Å². The van der Waals surface area contributed by atoms with Gasteiger partial charge in [-0.25, -0.2) is 18.0 Å². The van der Waals surface area contributed by atoms with Crippen LogP contribution >= 0.6 is 11.6 Å². The molecule has 2 N–H and O–H groups in total. The van der Waals surface area contributed by atoms with Gasteiger partial charge in [-0.2, -0.15) is 0 Å². The Balaban J connectivity index is 1.74. The number of nitrogens with one attached hydrogen (secondary N) is 2. The van der Waals surface area contributed by atoms with Crippen molar-refractivity contribution < 1.29 is 27.5 Å².